The van der Waals surface area contributed by atoms with Crippen molar-refractivity contribution >= 4 is 23.4 Å². The van der Waals surface area contributed by atoms with Gasteiger partial charge in [0.2, 0.25) is 0 Å². The number of anilines is 2. The van der Waals surface area contributed by atoms with Crippen LogP contribution in [0.15, 0.2) is 36.5 Å². The van der Waals surface area contributed by atoms with Gasteiger partial charge in [-0.3, -0.25) is 9.88 Å². The monoisotopic (exact) mass is 400 g/mol. The molecule has 0 saturated carbocycles. The Bertz CT molecular complexity index is 889. The summed E-state index contributed by atoms with van der Waals surface area (Å²) >= 11 is 0. The van der Waals surface area contributed by atoms with Crippen LogP contribution in [0.1, 0.15) is 18.2 Å². The van der Waals surface area contributed by atoms with Crippen molar-refractivity contribution in [3.8, 4) is 0 Å². The summed E-state index contributed by atoms with van der Waals surface area (Å²) in [5, 5.41) is 5.17. The zero-order valence-corrected chi connectivity index (χ0v) is 16.5. The topological polar surface area (TPSA) is 104 Å². The van der Waals surface area contributed by atoms with E-state index in [-0.39, 0.29) is 11.7 Å². The van der Waals surface area contributed by atoms with Gasteiger partial charge in [-0.2, -0.15) is 0 Å². The fraction of sp³-hybridized carbons (Fsp3) is 0.350. The van der Waals surface area contributed by atoms with Crippen molar-refractivity contribution in [1.82, 2.24) is 14.8 Å². The van der Waals surface area contributed by atoms with Gasteiger partial charge in [-0.1, -0.05) is 12.1 Å². The van der Waals surface area contributed by atoms with Gasteiger partial charge >= 0.3 is 12.1 Å². The highest BCUT2D eigenvalue weighted by molar-refractivity contribution is 5.99. The first-order chi connectivity index (χ1) is 13.8. The maximum Gasteiger partial charge on any atom is 0.323 e. The summed E-state index contributed by atoms with van der Waals surface area (Å²) in [6.07, 6.45) is 1.54. The number of rotatable bonds is 4. The maximum absolute atomic E-state index is 14.9. The molecule has 1 aliphatic rings. The number of aromatic nitrogens is 1. The summed E-state index contributed by atoms with van der Waals surface area (Å²) in [5.41, 5.74) is 7.29. The molecule has 4 N–H and O–H groups in total. The molecule has 4 amide bonds. The fourth-order valence-electron chi connectivity index (χ4n) is 3.37. The zero-order chi connectivity index (χ0) is 21.0. The van der Waals surface area contributed by atoms with Gasteiger partial charge in [0, 0.05) is 43.5 Å². The Morgan fingerprint density at radius 3 is 2.69 bits per heavy atom. The average molecular weight is 400 g/mol. The first-order valence-corrected chi connectivity index (χ1v) is 9.40. The molecule has 2 aromatic rings. The molecule has 1 aliphatic heterocycles. The van der Waals surface area contributed by atoms with E-state index in [1.165, 1.54) is 12.3 Å². The molecule has 1 aromatic carbocycles. The standard InChI is InChI=1S/C20H25FN6O2/c1-13-6-7-16(10-23-13)24-20(29)25-17-5-3-4-15(18(17)21)12-26-8-9-27(19(22)28)14(2)11-26/h3-7,10,14H,8-9,11-12H2,1-2H3,(H2,22,28)(H2,24,25,29)/t14-/m1/s1. The van der Waals surface area contributed by atoms with Gasteiger partial charge in [0.05, 0.1) is 17.6 Å². The van der Waals surface area contributed by atoms with Crippen LogP contribution in [-0.4, -0.2) is 52.5 Å². The highest BCUT2D eigenvalue weighted by atomic mass is 19.1. The van der Waals surface area contributed by atoms with Crippen LogP contribution in [0.25, 0.3) is 0 Å². The van der Waals surface area contributed by atoms with E-state index in [2.05, 4.69) is 20.5 Å². The second-order valence-corrected chi connectivity index (χ2v) is 7.16. The van der Waals surface area contributed by atoms with Crippen LogP contribution in [0.5, 0.6) is 0 Å². The number of primary amides is 1. The number of carbonyl (C=O) groups is 2. The van der Waals surface area contributed by atoms with E-state index in [9.17, 15) is 14.0 Å². The van der Waals surface area contributed by atoms with Crippen LogP contribution in [0, 0.1) is 12.7 Å². The first kappa shape index (κ1) is 20.5. The summed E-state index contributed by atoms with van der Waals surface area (Å²) in [6, 6.07) is 7.37. The highest BCUT2D eigenvalue weighted by Gasteiger charge is 2.26. The number of hydrogen-bond acceptors (Lipinski definition) is 4. The molecule has 0 unspecified atom stereocenters. The SMILES string of the molecule is Cc1ccc(NC(=O)Nc2cccc(CN3CCN(C(N)=O)[C@H](C)C3)c2F)cn1. The van der Waals surface area contributed by atoms with Crippen LogP contribution in [-0.2, 0) is 6.54 Å². The van der Waals surface area contributed by atoms with Crippen LogP contribution >= 0.6 is 0 Å². The largest absolute Gasteiger partial charge is 0.351 e. The van der Waals surface area contributed by atoms with Crippen LogP contribution in [0.3, 0.4) is 0 Å². The predicted octanol–water partition coefficient (Wildman–Crippen LogP) is 2.76. The zero-order valence-electron chi connectivity index (χ0n) is 16.5. The van der Waals surface area contributed by atoms with Crippen molar-refractivity contribution in [3.63, 3.8) is 0 Å². The Morgan fingerprint density at radius 2 is 2.03 bits per heavy atom. The van der Waals surface area contributed by atoms with E-state index in [1.807, 2.05) is 13.8 Å². The molecule has 2 heterocycles. The molecule has 154 valence electrons. The lowest BCUT2D eigenvalue weighted by molar-refractivity contribution is 0.101. The van der Waals surface area contributed by atoms with E-state index in [0.717, 1.165) is 5.69 Å². The third-order valence-corrected chi connectivity index (χ3v) is 4.88. The molecule has 0 bridgehead atoms. The van der Waals surface area contributed by atoms with Gasteiger partial charge in [0.1, 0.15) is 0 Å². The number of pyridine rings is 1. The van der Waals surface area contributed by atoms with Crippen molar-refractivity contribution in [2.45, 2.75) is 26.4 Å². The second-order valence-electron chi connectivity index (χ2n) is 7.16. The van der Waals surface area contributed by atoms with Crippen molar-refractivity contribution < 1.29 is 14.0 Å². The van der Waals surface area contributed by atoms with E-state index in [4.69, 9.17) is 5.73 Å². The van der Waals surface area contributed by atoms with Gasteiger partial charge in [0.15, 0.2) is 5.82 Å². The molecule has 8 nitrogen and oxygen atoms in total. The molecule has 1 saturated heterocycles. The molecule has 0 aliphatic carbocycles. The van der Waals surface area contributed by atoms with Crippen LogP contribution < -0.4 is 16.4 Å². The summed E-state index contributed by atoms with van der Waals surface area (Å²) < 4.78 is 14.9. The Balaban J connectivity index is 1.62. The second kappa shape index (κ2) is 8.87. The smallest absolute Gasteiger partial charge is 0.323 e. The van der Waals surface area contributed by atoms with E-state index >= 15 is 0 Å². The maximum atomic E-state index is 14.9. The normalized spacial score (nSPS) is 17.1. The first-order valence-electron chi connectivity index (χ1n) is 9.40. The number of nitrogens with zero attached hydrogens (tertiary/aromatic N) is 3. The summed E-state index contributed by atoms with van der Waals surface area (Å²) in [4.78, 5) is 31.4. The van der Waals surface area contributed by atoms with Gasteiger partial charge in [-0.25, -0.2) is 14.0 Å². The quantitative estimate of drug-likeness (QED) is 0.734. The molecule has 29 heavy (non-hydrogen) atoms. The number of nitrogens with two attached hydrogens (primary N) is 1. The molecule has 1 aromatic heterocycles. The Hall–Kier alpha value is -3.20. The minimum absolute atomic E-state index is 0.0421. The minimum atomic E-state index is -0.546. The third-order valence-electron chi connectivity index (χ3n) is 4.88. The Kier molecular flexibility index (Phi) is 6.28. The number of benzene rings is 1. The Morgan fingerprint density at radius 1 is 1.24 bits per heavy atom. The summed E-state index contributed by atoms with van der Waals surface area (Å²) in [5.74, 6) is -0.477. The number of nitrogens with one attached hydrogen (secondary N) is 2. The van der Waals surface area contributed by atoms with Crippen molar-refractivity contribution in [3.05, 3.63) is 53.6 Å². The molecule has 0 radical (unpaired) electrons. The molecule has 1 atom stereocenters. The van der Waals surface area contributed by atoms with Crippen molar-refractivity contribution in [2.24, 2.45) is 5.73 Å². The average Bonchev–Trinajstić information content (AvgIpc) is 2.66. The van der Waals surface area contributed by atoms with E-state index < -0.39 is 17.9 Å². The van der Waals surface area contributed by atoms with Crippen molar-refractivity contribution in [1.29, 1.82) is 0 Å². The summed E-state index contributed by atoms with van der Waals surface area (Å²) in [7, 11) is 0. The molecule has 9 heteroatoms. The van der Waals surface area contributed by atoms with Crippen LogP contribution in [0.4, 0.5) is 25.4 Å². The number of amides is 4. The molecular weight excluding hydrogens is 375 g/mol. The lowest BCUT2D eigenvalue weighted by Crippen LogP contribution is -2.55. The van der Waals surface area contributed by atoms with E-state index in [0.29, 0.717) is 37.4 Å². The van der Waals surface area contributed by atoms with Crippen LogP contribution in [0.2, 0.25) is 0 Å². The molecule has 0 spiro atoms. The van der Waals surface area contributed by atoms with Gasteiger partial charge in [0.25, 0.3) is 0 Å². The molecule has 1 fully saturated rings. The van der Waals surface area contributed by atoms with Crippen molar-refractivity contribution in [2.75, 3.05) is 30.3 Å². The fourth-order valence-corrected chi connectivity index (χ4v) is 3.37. The predicted molar refractivity (Wildman–Crippen MR) is 109 cm³/mol. The van der Waals surface area contributed by atoms with E-state index in [1.54, 1.807) is 29.2 Å². The van der Waals surface area contributed by atoms with Gasteiger partial charge in [-0.15, -0.1) is 0 Å². The lowest BCUT2D eigenvalue weighted by Gasteiger charge is -2.39. The number of aryl methyl sites for hydroxylation is 1. The Labute approximate surface area is 168 Å². The number of carbonyl (C=O) groups excluding carboxylic acids is 2. The lowest BCUT2D eigenvalue weighted by atomic mass is 10.1. The van der Waals surface area contributed by atoms with Gasteiger partial charge < -0.3 is 21.3 Å². The number of piperazine rings is 1. The molecular formula is C20H25FN6O2. The summed E-state index contributed by atoms with van der Waals surface area (Å²) in [6.45, 7) is 5.84. The minimum Gasteiger partial charge on any atom is -0.351 e. The third kappa shape index (κ3) is 5.20. The number of urea groups is 2. The number of halogens is 1. The highest BCUT2D eigenvalue weighted by Crippen LogP contribution is 2.21. The van der Waals surface area contributed by atoms with Gasteiger partial charge in [-0.05, 0) is 32.0 Å². The molecule has 3 rings (SSSR count). The number of hydrogen-bond donors (Lipinski definition) is 3.